The van der Waals surface area contributed by atoms with Crippen LogP contribution in [0.4, 0.5) is 4.39 Å². The Kier molecular flexibility index (Phi) is 6.25. The van der Waals surface area contributed by atoms with Crippen LogP contribution in [-0.2, 0) is 16.6 Å². The summed E-state index contributed by atoms with van der Waals surface area (Å²) in [7, 11) is -0.857. The van der Waals surface area contributed by atoms with Crippen molar-refractivity contribution in [2.45, 2.75) is 11.4 Å². The van der Waals surface area contributed by atoms with Crippen molar-refractivity contribution in [1.29, 1.82) is 0 Å². The number of sulfonamides is 1. The van der Waals surface area contributed by atoms with E-state index in [0.717, 1.165) is 0 Å². The molecule has 0 spiro atoms. The van der Waals surface area contributed by atoms with Gasteiger partial charge in [0.1, 0.15) is 11.3 Å². The van der Waals surface area contributed by atoms with Crippen molar-refractivity contribution in [1.82, 2.24) is 25.0 Å². The summed E-state index contributed by atoms with van der Waals surface area (Å²) in [5, 5.41) is 10.7. The highest BCUT2D eigenvalue weighted by Crippen LogP contribution is 2.30. The maximum Gasteiger partial charge on any atom is 0.251 e. The molecule has 1 amide bonds. The van der Waals surface area contributed by atoms with Crippen LogP contribution in [-0.4, -0.2) is 50.0 Å². The molecule has 0 saturated heterocycles. The fourth-order valence-electron chi connectivity index (χ4n) is 2.96. The highest BCUT2D eigenvalue weighted by atomic mass is 32.2. The summed E-state index contributed by atoms with van der Waals surface area (Å²) >= 11 is 0. The summed E-state index contributed by atoms with van der Waals surface area (Å²) in [6, 6.07) is 9.37. The van der Waals surface area contributed by atoms with Crippen LogP contribution >= 0.6 is 0 Å². The van der Waals surface area contributed by atoms with Gasteiger partial charge in [-0.15, -0.1) is 5.10 Å². The fourth-order valence-corrected chi connectivity index (χ4v) is 3.74. The zero-order valence-corrected chi connectivity index (χ0v) is 17.2. The minimum absolute atomic E-state index is 0.0416. The van der Waals surface area contributed by atoms with Crippen molar-refractivity contribution < 1.29 is 17.6 Å². The number of rotatable bonds is 7. The Morgan fingerprint density at radius 2 is 2.03 bits per heavy atom. The van der Waals surface area contributed by atoms with Crippen LogP contribution in [0, 0.1) is 0 Å². The number of hydrogen-bond donors (Lipinski definition) is 3. The molecule has 0 radical (unpaired) electrons. The molecule has 2 aromatic carbocycles. The van der Waals surface area contributed by atoms with Crippen LogP contribution in [0.15, 0.2) is 53.2 Å². The Balaban J connectivity index is 2.24. The highest BCUT2D eigenvalue weighted by molar-refractivity contribution is 7.89. The Labute approximate surface area is 172 Å². The lowest BCUT2D eigenvalue weighted by Crippen LogP contribution is -2.18. The summed E-state index contributed by atoms with van der Waals surface area (Å²) in [6.07, 6.45) is 1.23. The average Bonchev–Trinajstić information content (AvgIpc) is 3.15. The number of fused-ring (bicyclic) bond motifs is 1. The lowest BCUT2D eigenvalue weighted by Gasteiger charge is -2.09. The van der Waals surface area contributed by atoms with E-state index < -0.39 is 15.9 Å². The number of halogens is 1. The third kappa shape index (κ3) is 4.22. The minimum Gasteiger partial charge on any atom is -0.355 e. The van der Waals surface area contributed by atoms with Crippen LogP contribution in [0.1, 0.15) is 10.4 Å². The number of carbonyl (C=O) groups excluding carboxylic acids is 1. The highest BCUT2D eigenvalue weighted by Gasteiger charge is 2.18. The second-order valence-electron chi connectivity index (χ2n) is 6.34. The first-order valence-corrected chi connectivity index (χ1v) is 10.5. The van der Waals surface area contributed by atoms with E-state index >= 15 is 0 Å². The number of aromatic nitrogens is 3. The van der Waals surface area contributed by atoms with Crippen molar-refractivity contribution in [3.8, 4) is 11.1 Å². The lowest BCUT2D eigenvalue weighted by atomic mass is 10.0. The molecule has 0 aliphatic rings. The number of nitrogens with two attached hydrogens (primary N) is 1. The van der Waals surface area contributed by atoms with Gasteiger partial charge in [0.2, 0.25) is 10.0 Å². The second-order valence-corrected chi connectivity index (χ2v) is 8.23. The van der Waals surface area contributed by atoms with Crippen molar-refractivity contribution in [3.05, 3.63) is 53.9 Å². The molecule has 0 atom stereocenters. The third-order valence-electron chi connectivity index (χ3n) is 4.47. The van der Waals surface area contributed by atoms with Gasteiger partial charge in [-0.05, 0) is 43.0 Å². The summed E-state index contributed by atoms with van der Waals surface area (Å²) in [5.74, 6) is -0.846. The number of nitrogens with one attached hydrogen (secondary N) is 2. The second kappa shape index (κ2) is 8.69. The van der Waals surface area contributed by atoms with E-state index in [1.807, 2.05) is 0 Å². The third-order valence-corrected chi connectivity index (χ3v) is 5.89. The van der Waals surface area contributed by atoms with E-state index in [1.54, 1.807) is 24.3 Å². The molecule has 0 aliphatic heterocycles. The van der Waals surface area contributed by atoms with Gasteiger partial charge >= 0.3 is 0 Å². The Hall–Kier alpha value is -3.15. The molecule has 1 heterocycles. The summed E-state index contributed by atoms with van der Waals surface area (Å²) < 4.78 is 42.0. The van der Waals surface area contributed by atoms with Gasteiger partial charge in [-0.2, -0.15) is 0 Å². The summed E-state index contributed by atoms with van der Waals surface area (Å²) in [4.78, 5) is 12.4. The molecular formula is C19H21FN6O3S. The first-order valence-electron chi connectivity index (χ1n) is 8.98. The number of hydrogen-bond acceptors (Lipinski definition) is 6. The van der Waals surface area contributed by atoms with E-state index in [4.69, 9.17) is 5.73 Å². The topological polar surface area (TPSA) is 132 Å². The van der Waals surface area contributed by atoms with Crippen LogP contribution in [0.25, 0.3) is 22.2 Å². The molecule has 0 bridgehead atoms. The number of carbonyl (C=O) groups is 1. The molecule has 158 valence electrons. The average molecular weight is 432 g/mol. The molecule has 0 unspecified atom stereocenters. The minimum atomic E-state index is -3.67. The zero-order valence-electron chi connectivity index (χ0n) is 16.4. The molecular weight excluding hydrogens is 411 g/mol. The van der Waals surface area contributed by atoms with Crippen molar-refractivity contribution in [2.75, 3.05) is 20.6 Å². The molecule has 4 N–H and O–H groups in total. The quantitative estimate of drug-likeness (QED) is 0.514. The van der Waals surface area contributed by atoms with Crippen LogP contribution in [0.5, 0.6) is 0 Å². The van der Waals surface area contributed by atoms with E-state index in [1.165, 1.54) is 37.0 Å². The van der Waals surface area contributed by atoms with Gasteiger partial charge in [0.05, 0.1) is 17.0 Å². The van der Waals surface area contributed by atoms with E-state index in [0.29, 0.717) is 27.7 Å². The molecule has 3 rings (SSSR count). The van der Waals surface area contributed by atoms with Gasteiger partial charge in [0.25, 0.3) is 5.91 Å². The van der Waals surface area contributed by atoms with Crippen LogP contribution in [0.3, 0.4) is 0 Å². The van der Waals surface area contributed by atoms with Crippen molar-refractivity contribution >= 4 is 27.0 Å². The molecule has 11 heteroatoms. The smallest absolute Gasteiger partial charge is 0.251 e. The van der Waals surface area contributed by atoms with Gasteiger partial charge in [-0.3, -0.25) is 4.79 Å². The normalized spacial score (nSPS) is 12.3. The van der Waals surface area contributed by atoms with Gasteiger partial charge in [-0.1, -0.05) is 17.3 Å². The molecule has 1 aromatic heterocycles. The molecule has 30 heavy (non-hydrogen) atoms. The molecule has 3 aromatic rings. The summed E-state index contributed by atoms with van der Waals surface area (Å²) in [5.41, 5.74) is 7.49. The number of benzene rings is 2. The molecule has 0 fully saturated rings. The van der Waals surface area contributed by atoms with E-state index in [9.17, 15) is 17.6 Å². The van der Waals surface area contributed by atoms with Gasteiger partial charge in [0.15, 0.2) is 0 Å². The van der Waals surface area contributed by atoms with Crippen LogP contribution in [0.2, 0.25) is 0 Å². The van der Waals surface area contributed by atoms with Gasteiger partial charge in [0, 0.05) is 24.7 Å². The Bertz CT molecular complexity index is 1240. The largest absolute Gasteiger partial charge is 0.355 e. The SMILES string of the molecule is CNC(=O)c1cc(-c2cccc(S(=O)(=O)NC)c2)c2nnn(C/C(F)=C/CN)c2c1. The van der Waals surface area contributed by atoms with Gasteiger partial charge in [-0.25, -0.2) is 22.2 Å². The van der Waals surface area contributed by atoms with Crippen molar-refractivity contribution in [2.24, 2.45) is 5.73 Å². The zero-order chi connectivity index (χ0) is 21.9. The van der Waals surface area contributed by atoms with Crippen LogP contribution < -0.4 is 15.8 Å². The predicted molar refractivity (Wildman–Crippen MR) is 111 cm³/mol. The lowest BCUT2D eigenvalue weighted by molar-refractivity contribution is 0.0963. The first-order chi connectivity index (χ1) is 14.3. The van der Waals surface area contributed by atoms with Crippen molar-refractivity contribution in [3.63, 3.8) is 0 Å². The molecule has 9 nitrogen and oxygen atoms in total. The Morgan fingerprint density at radius 1 is 1.27 bits per heavy atom. The number of amides is 1. The predicted octanol–water partition coefficient (Wildman–Crippen LogP) is 1.18. The monoisotopic (exact) mass is 432 g/mol. The molecule has 0 saturated carbocycles. The van der Waals surface area contributed by atoms with E-state index in [-0.39, 0.29) is 23.9 Å². The number of nitrogens with zero attached hydrogens (tertiary/aromatic N) is 3. The fraction of sp³-hybridized carbons (Fsp3) is 0.211. The van der Waals surface area contributed by atoms with Gasteiger partial charge < -0.3 is 11.1 Å². The maximum absolute atomic E-state index is 14.0. The number of allylic oxidation sites excluding steroid dienone is 1. The Morgan fingerprint density at radius 3 is 2.70 bits per heavy atom. The molecule has 0 aliphatic carbocycles. The van der Waals surface area contributed by atoms with E-state index in [2.05, 4.69) is 20.4 Å². The summed E-state index contributed by atoms with van der Waals surface area (Å²) in [6.45, 7) is -0.154. The standard InChI is InChI=1S/C19H21FN6O3S/c1-22-19(27)13-9-16(12-4-3-5-15(8-12)30(28,29)23-2)18-17(10-13)26(25-24-18)11-14(20)6-7-21/h3-6,8-10,23H,7,11,21H2,1-2H3,(H,22,27)/b14-6-. The first kappa shape index (κ1) is 21.6. The maximum atomic E-state index is 14.0.